The second kappa shape index (κ2) is 10.3. The maximum Gasteiger partial charge on any atom is 0.309 e. The van der Waals surface area contributed by atoms with Gasteiger partial charge in [0.1, 0.15) is 5.84 Å². The van der Waals surface area contributed by atoms with Crippen molar-refractivity contribution in [1.29, 1.82) is 0 Å². The highest BCUT2D eigenvalue weighted by atomic mass is 32.2. The van der Waals surface area contributed by atoms with Crippen LogP contribution in [0.5, 0.6) is 0 Å². The van der Waals surface area contributed by atoms with Gasteiger partial charge in [-0.3, -0.25) is 0 Å². The molecule has 1 atom stereocenters. The minimum Gasteiger partial charge on any atom is -0.235 e. The lowest BCUT2D eigenvalue weighted by Crippen LogP contribution is -2.16. The van der Waals surface area contributed by atoms with E-state index < -0.39 is 11.3 Å². The molecular weight excluding hydrogens is 248 g/mol. The molecule has 4 nitrogen and oxygen atoms in total. The summed E-state index contributed by atoms with van der Waals surface area (Å²) in [6, 6.07) is 0. The van der Waals surface area contributed by atoms with Crippen LogP contribution in [0.3, 0.4) is 0 Å². The van der Waals surface area contributed by atoms with Crippen LogP contribution in [0, 0.1) is 0 Å². The largest absolute Gasteiger partial charge is 0.309 e. The van der Waals surface area contributed by atoms with Crippen molar-refractivity contribution in [2.24, 2.45) is 4.40 Å². The lowest BCUT2D eigenvalue weighted by atomic mass is 10.1. The molecule has 1 rings (SSSR count). The van der Waals surface area contributed by atoms with E-state index in [0.29, 0.717) is 5.84 Å². The van der Waals surface area contributed by atoms with Crippen molar-refractivity contribution in [1.82, 2.24) is 5.48 Å². The van der Waals surface area contributed by atoms with E-state index in [1.54, 1.807) is 0 Å². The number of amidine groups is 1. The van der Waals surface area contributed by atoms with Gasteiger partial charge in [-0.1, -0.05) is 44.8 Å². The number of hydrogen-bond acceptors (Lipinski definition) is 3. The topological polar surface area (TPSA) is 50.7 Å². The van der Waals surface area contributed by atoms with Crippen molar-refractivity contribution in [2.75, 3.05) is 0 Å². The molecule has 5 heteroatoms. The number of nitrogens with zero attached hydrogens (tertiary/aromatic N) is 1. The summed E-state index contributed by atoms with van der Waals surface area (Å²) in [6.07, 6.45) is 15.2. The van der Waals surface area contributed by atoms with Gasteiger partial charge < -0.3 is 0 Å². The quantitative estimate of drug-likeness (QED) is 0.488. The van der Waals surface area contributed by atoms with Crippen molar-refractivity contribution in [3.8, 4) is 0 Å². The van der Waals surface area contributed by atoms with E-state index >= 15 is 0 Å². The highest BCUT2D eigenvalue weighted by Gasteiger charge is 2.11. The molecular formula is C13H24N2O2S. The smallest absolute Gasteiger partial charge is 0.235 e. The van der Waals surface area contributed by atoms with E-state index in [4.69, 9.17) is 0 Å². The van der Waals surface area contributed by atoms with Crippen LogP contribution >= 0.6 is 0 Å². The van der Waals surface area contributed by atoms with Gasteiger partial charge in [0.25, 0.3) is 0 Å². The van der Waals surface area contributed by atoms with Gasteiger partial charge in [0.05, 0.1) is 0 Å². The molecule has 0 aliphatic carbocycles. The van der Waals surface area contributed by atoms with Gasteiger partial charge in [-0.25, -0.2) is 9.69 Å². The number of allylic oxidation sites excluding steroid dienone is 2. The zero-order valence-corrected chi connectivity index (χ0v) is 12.0. The molecule has 0 fully saturated rings. The van der Waals surface area contributed by atoms with Crippen LogP contribution in [0.15, 0.2) is 16.5 Å². The number of rotatable bonds is 10. The predicted molar refractivity (Wildman–Crippen MR) is 76.2 cm³/mol. The molecule has 0 amide bonds. The number of nitrogens with one attached hydrogen (secondary N) is 1. The highest BCUT2D eigenvalue weighted by molar-refractivity contribution is 7.79. The standard InChI is InChI=1S/C13H24N2O2S/c1-2-3-4-5-6-7-8-9-10-11-12-13-14-17-18(16)15-13/h5-6H,2-4,7-12H2,1H3,(H,14,15)/b6-5-. The lowest BCUT2D eigenvalue weighted by molar-refractivity contribution is 0.302. The molecule has 0 saturated heterocycles. The summed E-state index contributed by atoms with van der Waals surface area (Å²) in [5, 5.41) is 0. The lowest BCUT2D eigenvalue weighted by Gasteiger charge is -1.99. The molecule has 1 N–H and O–H groups in total. The maximum absolute atomic E-state index is 10.8. The monoisotopic (exact) mass is 272 g/mol. The Morgan fingerprint density at radius 3 is 2.56 bits per heavy atom. The highest BCUT2D eigenvalue weighted by Crippen LogP contribution is 2.09. The second-order valence-electron chi connectivity index (χ2n) is 4.51. The molecule has 1 aliphatic rings. The van der Waals surface area contributed by atoms with Gasteiger partial charge in [-0.05, 0) is 25.7 Å². The van der Waals surface area contributed by atoms with Gasteiger partial charge in [0.2, 0.25) is 0 Å². The molecule has 1 unspecified atom stereocenters. The molecule has 0 aromatic heterocycles. The molecule has 1 aliphatic heterocycles. The summed E-state index contributed by atoms with van der Waals surface area (Å²) in [5.41, 5.74) is 2.58. The first-order chi connectivity index (χ1) is 8.83. The fourth-order valence-corrected chi connectivity index (χ4v) is 2.29. The van der Waals surface area contributed by atoms with E-state index in [1.165, 1.54) is 44.9 Å². The minimum atomic E-state index is -1.50. The summed E-state index contributed by atoms with van der Waals surface area (Å²) >= 11 is -1.50. The van der Waals surface area contributed by atoms with Crippen molar-refractivity contribution >= 4 is 17.1 Å². The first kappa shape index (κ1) is 15.4. The van der Waals surface area contributed by atoms with Gasteiger partial charge in [-0.15, -0.1) is 4.40 Å². The van der Waals surface area contributed by atoms with Crippen molar-refractivity contribution in [3.05, 3.63) is 12.2 Å². The molecule has 0 saturated carbocycles. The number of hydroxylamine groups is 1. The zero-order chi connectivity index (χ0) is 13.1. The maximum atomic E-state index is 10.8. The average Bonchev–Trinajstić information content (AvgIpc) is 2.77. The van der Waals surface area contributed by atoms with Crippen LogP contribution in [-0.2, 0) is 15.6 Å². The first-order valence-electron chi connectivity index (χ1n) is 6.90. The number of hydrogen-bond donors (Lipinski definition) is 1. The summed E-state index contributed by atoms with van der Waals surface area (Å²) in [4.78, 5) is 0. The summed E-state index contributed by atoms with van der Waals surface area (Å²) in [5.74, 6) is 0.716. The van der Waals surface area contributed by atoms with E-state index in [2.05, 4.69) is 33.2 Å². The fraction of sp³-hybridized carbons (Fsp3) is 0.769. The molecule has 18 heavy (non-hydrogen) atoms. The normalized spacial score (nSPS) is 19.2. The Labute approximate surface area is 113 Å². The Morgan fingerprint density at radius 1 is 1.17 bits per heavy atom. The van der Waals surface area contributed by atoms with E-state index in [-0.39, 0.29) is 0 Å². The zero-order valence-electron chi connectivity index (χ0n) is 11.2. The Hall–Kier alpha value is -0.680. The third-order valence-corrected chi connectivity index (χ3v) is 3.44. The van der Waals surface area contributed by atoms with E-state index in [9.17, 15) is 4.21 Å². The minimum absolute atomic E-state index is 0.716. The van der Waals surface area contributed by atoms with E-state index in [1.807, 2.05) is 0 Å². The molecule has 0 spiro atoms. The summed E-state index contributed by atoms with van der Waals surface area (Å²) in [6.45, 7) is 2.22. The Balaban J connectivity index is 1.85. The van der Waals surface area contributed by atoms with Crippen LogP contribution in [0.25, 0.3) is 0 Å². The van der Waals surface area contributed by atoms with Crippen LogP contribution in [0.2, 0.25) is 0 Å². The average molecular weight is 272 g/mol. The van der Waals surface area contributed by atoms with Crippen LogP contribution in [0.1, 0.15) is 64.7 Å². The van der Waals surface area contributed by atoms with Crippen LogP contribution in [0.4, 0.5) is 0 Å². The molecule has 1 heterocycles. The third kappa shape index (κ3) is 7.61. The van der Waals surface area contributed by atoms with Crippen molar-refractivity contribution in [3.63, 3.8) is 0 Å². The summed E-state index contributed by atoms with van der Waals surface area (Å²) in [7, 11) is 0. The van der Waals surface area contributed by atoms with Gasteiger partial charge in [0, 0.05) is 6.42 Å². The third-order valence-electron chi connectivity index (χ3n) is 2.84. The molecule has 0 aromatic rings. The Bertz CT molecular complexity index is 303. The van der Waals surface area contributed by atoms with Crippen molar-refractivity contribution in [2.45, 2.75) is 64.7 Å². The molecule has 104 valence electrons. The molecule has 0 bridgehead atoms. The first-order valence-corrected chi connectivity index (χ1v) is 7.94. The number of unbranched alkanes of at least 4 members (excludes halogenated alkanes) is 6. The second-order valence-corrected chi connectivity index (χ2v) is 5.29. The van der Waals surface area contributed by atoms with Crippen LogP contribution in [-0.4, -0.2) is 10.0 Å². The Morgan fingerprint density at radius 2 is 1.89 bits per heavy atom. The van der Waals surface area contributed by atoms with E-state index in [0.717, 1.165) is 12.8 Å². The van der Waals surface area contributed by atoms with Gasteiger partial charge in [0.15, 0.2) is 0 Å². The SMILES string of the molecule is CCCC/C=C\CCCCCCC1=NS(=O)ON1. The fourth-order valence-electron chi connectivity index (χ4n) is 1.77. The van der Waals surface area contributed by atoms with Crippen molar-refractivity contribution < 1.29 is 8.49 Å². The van der Waals surface area contributed by atoms with Gasteiger partial charge >= 0.3 is 11.3 Å². The van der Waals surface area contributed by atoms with Crippen LogP contribution < -0.4 is 5.48 Å². The Kier molecular flexibility index (Phi) is 8.77. The molecule has 0 radical (unpaired) electrons. The predicted octanol–water partition coefficient (Wildman–Crippen LogP) is 3.59. The molecule has 0 aromatic carbocycles. The van der Waals surface area contributed by atoms with Gasteiger partial charge in [-0.2, -0.15) is 4.28 Å². The summed E-state index contributed by atoms with van der Waals surface area (Å²) < 4.78 is 19.2.